The molecule has 4 aromatic rings. The Hall–Kier alpha value is -3.23. The molecule has 0 aliphatic carbocycles. The van der Waals surface area contributed by atoms with Gasteiger partial charge in [0.2, 0.25) is 5.60 Å². The maximum absolute atomic E-state index is 14.1. The Balaban J connectivity index is 1.66. The van der Waals surface area contributed by atoms with Crippen LogP contribution in [-0.4, -0.2) is 31.3 Å². The molecule has 0 saturated carbocycles. The van der Waals surface area contributed by atoms with Crippen molar-refractivity contribution in [3.8, 4) is 0 Å². The van der Waals surface area contributed by atoms with Crippen molar-refractivity contribution < 1.29 is 31.3 Å². The van der Waals surface area contributed by atoms with Gasteiger partial charge in [0.25, 0.3) is 0 Å². The van der Waals surface area contributed by atoms with E-state index in [4.69, 9.17) is 0 Å². The smallest absolute Gasteiger partial charge is 0.370 e. The lowest BCUT2D eigenvalue weighted by molar-refractivity contribution is -0.251. The second kappa shape index (κ2) is 8.85. The third kappa shape index (κ3) is 4.31. The van der Waals surface area contributed by atoms with Crippen LogP contribution in [0.5, 0.6) is 0 Å². The number of hydrogen-bond donors (Lipinski definition) is 3. The van der Waals surface area contributed by atoms with Crippen molar-refractivity contribution in [3.05, 3.63) is 71.6 Å². The molecule has 34 heavy (non-hydrogen) atoms. The van der Waals surface area contributed by atoms with Gasteiger partial charge in [0, 0.05) is 23.1 Å². The number of carbonyl (C=O) groups excluding carboxylic acids is 1. The van der Waals surface area contributed by atoms with Crippen molar-refractivity contribution >= 4 is 50.7 Å². The van der Waals surface area contributed by atoms with Crippen molar-refractivity contribution in [2.45, 2.75) is 18.7 Å². The summed E-state index contributed by atoms with van der Waals surface area (Å²) in [5.41, 5.74) is -3.56. The van der Waals surface area contributed by atoms with Gasteiger partial charge in [-0.1, -0.05) is 17.4 Å². The van der Waals surface area contributed by atoms with Gasteiger partial charge in [-0.25, -0.2) is 23.1 Å². The normalized spacial score (nSPS) is 13.6. The standard InChI is InChI=1S/C20H14F5N5O2S2/c1-10-9-26-16(30(10)34-25)19(32,20(22,23)24)11-2-7-14-15(8-11)33-18(28-14)29-17(31)27-13-5-3-12(21)4-6-13/h2-9,32H,1H3,(H2,27,28,29,31). The van der Waals surface area contributed by atoms with Crippen molar-refractivity contribution in [1.82, 2.24) is 13.9 Å². The van der Waals surface area contributed by atoms with Crippen LogP contribution in [-0.2, 0) is 5.60 Å². The van der Waals surface area contributed by atoms with E-state index in [2.05, 4.69) is 20.6 Å². The predicted octanol–water partition coefficient (Wildman–Crippen LogP) is 5.76. The van der Waals surface area contributed by atoms with Crippen molar-refractivity contribution in [3.63, 3.8) is 0 Å². The molecule has 0 bridgehead atoms. The van der Waals surface area contributed by atoms with E-state index < -0.39 is 47.3 Å². The molecular weight excluding hydrogens is 501 g/mol. The number of rotatable bonds is 5. The maximum atomic E-state index is 14.1. The van der Waals surface area contributed by atoms with Gasteiger partial charge in [-0.15, -0.1) is 3.89 Å². The number of benzene rings is 2. The summed E-state index contributed by atoms with van der Waals surface area (Å²) in [4.78, 5) is 19.9. The lowest BCUT2D eigenvalue weighted by atomic mass is 9.92. The zero-order chi connectivity index (χ0) is 24.7. The molecular formula is C20H14F5N5O2S2. The number of thiazole rings is 1. The molecule has 178 valence electrons. The number of hydrogen-bond acceptors (Lipinski definition) is 6. The fraction of sp³-hybridized carbons (Fsp3) is 0.150. The topological polar surface area (TPSA) is 92.1 Å². The average Bonchev–Trinajstić information content (AvgIpc) is 3.35. The van der Waals surface area contributed by atoms with Gasteiger partial charge in [0.05, 0.1) is 10.2 Å². The minimum Gasteiger partial charge on any atom is -0.370 e. The third-order valence-electron chi connectivity index (χ3n) is 4.82. The number of aromatic nitrogens is 3. The fourth-order valence-corrected chi connectivity index (χ4v) is 4.47. The van der Waals surface area contributed by atoms with Crippen LogP contribution in [0.3, 0.4) is 0 Å². The van der Waals surface area contributed by atoms with E-state index in [-0.39, 0.29) is 21.0 Å². The van der Waals surface area contributed by atoms with Gasteiger partial charge in [-0.3, -0.25) is 5.32 Å². The van der Waals surface area contributed by atoms with Crippen LogP contribution >= 0.6 is 23.7 Å². The minimum absolute atomic E-state index is 0.0685. The van der Waals surface area contributed by atoms with Crippen molar-refractivity contribution in [2.24, 2.45) is 0 Å². The number of alkyl halides is 3. The summed E-state index contributed by atoms with van der Waals surface area (Å²) in [6.07, 6.45) is -4.21. The van der Waals surface area contributed by atoms with Crippen LogP contribution in [0, 0.1) is 12.7 Å². The van der Waals surface area contributed by atoms with Crippen LogP contribution in [0.4, 0.5) is 37.1 Å². The highest BCUT2D eigenvalue weighted by molar-refractivity contribution is 7.92. The molecule has 2 heterocycles. The van der Waals surface area contributed by atoms with Crippen molar-refractivity contribution in [1.29, 1.82) is 0 Å². The van der Waals surface area contributed by atoms with E-state index in [0.29, 0.717) is 9.66 Å². The number of amides is 2. The number of fused-ring (bicyclic) bond motifs is 1. The van der Waals surface area contributed by atoms with Gasteiger partial charge in [-0.2, -0.15) is 13.2 Å². The second-order valence-electron chi connectivity index (χ2n) is 7.08. The lowest BCUT2D eigenvalue weighted by Gasteiger charge is -2.30. The Morgan fingerprint density at radius 2 is 1.85 bits per heavy atom. The number of nitrogens with one attached hydrogen (secondary N) is 2. The molecule has 4 rings (SSSR count). The molecule has 14 heteroatoms. The van der Waals surface area contributed by atoms with E-state index in [9.17, 15) is 31.3 Å². The zero-order valence-corrected chi connectivity index (χ0v) is 18.7. The summed E-state index contributed by atoms with van der Waals surface area (Å²) in [5.74, 6) is -1.42. The van der Waals surface area contributed by atoms with Gasteiger partial charge in [0.15, 0.2) is 23.3 Å². The van der Waals surface area contributed by atoms with Gasteiger partial charge in [-0.05, 0) is 43.3 Å². The predicted molar refractivity (Wildman–Crippen MR) is 119 cm³/mol. The molecule has 3 N–H and O–H groups in total. The molecule has 1 unspecified atom stereocenters. The van der Waals surface area contributed by atoms with Crippen molar-refractivity contribution in [2.75, 3.05) is 10.6 Å². The molecule has 0 fully saturated rings. The minimum atomic E-state index is -5.23. The number of urea groups is 1. The first-order valence-electron chi connectivity index (χ1n) is 9.40. The number of halogens is 5. The molecule has 0 saturated heterocycles. The van der Waals surface area contributed by atoms with E-state index >= 15 is 0 Å². The van der Waals surface area contributed by atoms with Gasteiger partial charge in [0.1, 0.15) is 5.82 Å². The second-order valence-corrected chi connectivity index (χ2v) is 8.62. The van der Waals surface area contributed by atoms with E-state index in [0.717, 1.165) is 41.8 Å². The fourth-order valence-electron chi connectivity index (χ4n) is 3.17. The Morgan fingerprint density at radius 3 is 2.50 bits per heavy atom. The number of aryl methyl sites for hydroxylation is 1. The molecule has 0 aliphatic heterocycles. The van der Waals surface area contributed by atoms with Gasteiger partial charge >= 0.3 is 12.2 Å². The van der Waals surface area contributed by atoms with Gasteiger partial charge < -0.3 is 10.4 Å². The average molecular weight is 515 g/mol. The number of imidazole rings is 1. The SMILES string of the molecule is Cc1cnc(C(O)(c2ccc3nc(NC(=O)Nc4ccc(F)cc4)sc3c2)C(F)(F)F)n1SF. The van der Waals surface area contributed by atoms with E-state index in [1.54, 1.807) is 0 Å². The molecule has 2 aromatic carbocycles. The third-order valence-corrected chi connectivity index (χ3v) is 6.35. The Bertz CT molecular complexity index is 1360. The summed E-state index contributed by atoms with van der Waals surface area (Å²) in [5, 5.41) is 15.8. The number of anilines is 2. The Labute approximate surface area is 197 Å². The monoisotopic (exact) mass is 515 g/mol. The number of aliphatic hydroxyl groups is 1. The highest BCUT2D eigenvalue weighted by atomic mass is 32.2. The highest BCUT2D eigenvalue weighted by Crippen LogP contribution is 2.46. The zero-order valence-electron chi connectivity index (χ0n) is 17.0. The Morgan fingerprint density at radius 1 is 1.15 bits per heavy atom. The van der Waals surface area contributed by atoms with E-state index in [1.165, 1.54) is 25.1 Å². The van der Waals surface area contributed by atoms with Crippen LogP contribution in [0.1, 0.15) is 17.1 Å². The highest BCUT2D eigenvalue weighted by Gasteiger charge is 2.59. The molecule has 2 aromatic heterocycles. The van der Waals surface area contributed by atoms with E-state index in [1.807, 2.05) is 0 Å². The molecule has 0 spiro atoms. The first-order chi connectivity index (χ1) is 16.0. The summed E-state index contributed by atoms with van der Waals surface area (Å²) >= 11 is 0.353. The summed E-state index contributed by atoms with van der Waals surface area (Å²) in [6, 6.07) is 7.61. The molecule has 0 radical (unpaired) electrons. The quantitative estimate of drug-likeness (QED) is 0.294. The first kappa shape index (κ1) is 23.9. The Kier molecular flexibility index (Phi) is 6.22. The summed E-state index contributed by atoms with van der Waals surface area (Å²) < 4.78 is 69.3. The summed E-state index contributed by atoms with van der Waals surface area (Å²) in [6.45, 7) is 1.35. The first-order valence-corrected chi connectivity index (χ1v) is 10.9. The van der Waals surface area contributed by atoms with Crippen LogP contribution in [0.25, 0.3) is 10.2 Å². The van der Waals surface area contributed by atoms with Crippen LogP contribution in [0.15, 0.2) is 48.7 Å². The maximum Gasteiger partial charge on any atom is 0.428 e. The van der Waals surface area contributed by atoms with Crippen LogP contribution < -0.4 is 10.6 Å². The largest absolute Gasteiger partial charge is 0.428 e. The lowest BCUT2D eigenvalue weighted by Crippen LogP contribution is -2.45. The molecule has 0 aliphatic rings. The molecule has 2 amide bonds. The molecule has 7 nitrogen and oxygen atoms in total. The summed E-state index contributed by atoms with van der Waals surface area (Å²) in [7, 11) is 0. The number of carbonyl (C=O) groups is 1. The van der Waals surface area contributed by atoms with Crippen LogP contribution in [0.2, 0.25) is 0 Å². The number of nitrogens with zero attached hydrogens (tertiary/aromatic N) is 3. The molecule has 1 atom stereocenters.